The summed E-state index contributed by atoms with van der Waals surface area (Å²) in [6.45, 7) is 3.85. The van der Waals surface area contributed by atoms with Crippen LogP contribution in [0.25, 0.3) is 27.9 Å². The molecule has 2 aromatic carbocycles. The van der Waals surface area contributed by atoms with Crippen molar-refractivity contribution in [1.82, 2.24) is 24.1 Å². The molecule has 0 amide bonds. The van der Waals surface area contributed by atoms with Crippen molar-refractivity contribution in [3.63, 3.8) is 0 Å². The van der Waals surface area contributed by atoms with Crippen molar-refractivity contribution in [2.75, 3.05) is 0 Å². The highest BCUT2D eigenvalue weighted by molar-refractivity contribution is 6.39. The zero-order valence-corrected chi connectivity index (χ0v) is 21.1. The molecular weight excluding hydrogens is 541 g/mol. The lowest BCUT2D eigenvalue weighted by Crippen LogP contribution is -2.23. The maximum atomic E-state index is 13.2. The van der Waals surface area contributed by atoms with Gasteiger partial charge in [0, 0.05) is 0 Å². The minimum atomic E-state index is -0.473. The predicted octanol–water partition coefficient (Wildman–Crippen LogP) is 4.61. The fourth-order valence-electron chi connectivity index (χ4n) is 4.01. The molecule has 37 heavy (non-hydrogen) atoms. The third kappa shape index (κ3) is 4.31. The summed E-state index contributed by atoms with van der Waals surface area (Å²) in [6, 6.07) is 7.93. The van der Waals surface area contributed by atoms with Crippen LogP contribution in [0.3, 0.4) is 0 Å². The molecule has 0 bridgehead atoms. The van der Waals surface area contributed by atoms with E-state index in [0.717, 1.165) is 0 Å². The molecule has 0 spiro atoms. The Morgan fingerprint density at radius 2 is 1.32 bits per heavy atom. The molecular formula is C25H16Cl3N5O4. The number of nitrogens with zero attached hydrogens (tertiary/aromatic N) is 5. The van der Waals surface area contributed by atoms with Gasteiger partial charge >= 0.3 is 0 Å². The number of rotatable bonds is 5. The van der Waals surface area contributed by atoms with E-state index in [9.17, 15) is 19.8 Å². The third-order valence-electron chi connectivity index (χ3n) is 5.79. The second-order valence-electron chi connectivity index (χ2n) is 8.11. The van der Waals surface area contributed by atoms with Crippen molar-refractivity contribution in [2.45, 2.75) is 13.1 Å². The van der Waals surface area contributed by atoms with E-state index in [2.05, 4.69) is 21.5 Å². The lowest BCUT2D eigenvalue weighted by molar-refractivity contribution is 0.479. The first kappa shape index (κ1) is 24.8. The molecule has 5 aromatic rings. The summed E-state index contributed by atoms with van der Waals surface area (Å²) in [6.07, 6.45) is 4.05. The molecule has 0 aliphatic carbocycles. The van der Waals surface area contributed by atoms with Crippen LogP contribution in [0, 0.1) is 0 Å². The quantitative estimate of drug-likeness (QED) is 0.324. The van der Waals surface area contributed by atoms with Crippen LogP contribution in [0.2, 0.25) is 15.1 Å². The topological polar surface area (TPSA) is 123 Å². The first-order chi connectivity index (χ1) is 17.7. The molecule has 5 rings (SSSR count). The Morgan fingerprint density at radius 3 is 1.89 bits per heavy atom. The molecule has 186 valence electrons. The highest BCUT2D eigenvalue weighted by Gasteiger charge is 2.17. The van der Waals surface area contributed by atoms with Crippen LogP contribution in [0.1, 0.15) is 17.0 Å². The highest BCUT2D eigenvalue weighted by atomic mass is 35.5. The number of aromatic nitrogens is 5. The van der Waals surface area contributed by atoms with Gasteiger partial charge in [-0.3, -0.25) is 23.7 Å². The minimum absolute atomic E-state index is 0.00605. The minimum Gasteiger partial charge on any atom is -0.504 e. The van der Waals surface area contributed by atoms with Gasteiger partial charge in [-0.05, 0) is 29.8 Å². The molecule has 3 aromatic heterocycles. The predicted molar refractivity (Wildman–Crippen MR) is 143 cm³/mol. The lowest BCUT2D eigenvalue weighted by atomic mass is 10.1. The van der Waals surface area contributed by atoms with E-state index in [-0.39, 0.29) is 61.5 Å². The Bertz CT molecular complexity index is 1870. The highest BCUT2D eigenvalue weighted by Crippen LogP contribution is 2.34. The van der Waals surface area contributed by atoms with Gasteiger partial charge in [-0.1, -0.05) is 53.5 Å². The Balaban J connectivity index is 1.50. The third-order valence-corrected chi connectivity index (χ3v) is 6.66. The first-order valence-electron chi connectivity index (χ1n) is 10.7. The molecule has 2 N–H and O–H groups in total. The van der Waals surface area contributed by atoms with E-state index in [1.807, 2.05) is 0 Å². The number of halogens is 3. The van der Waals surface area contributed by atoms with Crippen molar-refractivity contribution in [2.24, 2.45) is 0 Å². The number of phenolic OH excluding ortho intramolecular Hbond substituents is 2. The molecule has 0 unspecified atom stereocenters. The number of hydrogen-bond acceptors (Lipinski definition) is 7. The van der Waals surface area contributed by atoms with Crippen molar-refractivity contribution >= 4 is 62.7 Å². The van der Waals surface area contributed by atoms with Gasteiger partial charge in [0.05, 0.1) is 63.0 Å². The lowest BCUT2D eigenvalue weighted by Gasteiger charge is -2.12. The molecule has 0 atom stereocenters. The van der Waals surface area contributed by atoms with Gasteiger partial charge in [0.1, 0.15) is 11.0 Å². The van der Waals surface area contributed by atoms with E-state index in [0.29, 0.717) is 17.0 Å². The summed E-state index contributed by atoms with van der Waals surface area (Å²) in [5.74, 6) is -0.605. The van der Waals surface area contributed by atoms with Crippen molar-refractivity contribution < 1.29 is 10.2 Å². The van der Waals surface area contributed by atoms with E-state index in [1.165, 1.54) is 40.0 Å². The van der Waals surface area contributed by atoms with Crippen LogP contribution < -0.4 is 11.1 Å². The largest absolute Gasteiger partial charge is 0.504 e. The molecule has 0 saturated carbocycles. The van der Waals surface area contributed by atoms with Gasteiger partial charge in [0.2, 0.25) is 0 Å². The number of benzene rings is 2. The molecule has 0 saturated heterocycles. The maximum absolute atomic E-state index is 13.2. The van der Waals surface area contributed by atoms with Crippen LogP contribution in [0.5, 0.6) is 11.5 Å². The van der Waals surface area contributed by atoms with E-state index in [4.69, 9.17) is 34.8 Å². The summed E-state index contributed by atoms with van der Waals surface area (Å²) in [5, 5.41) is 20.7. The molecule has 0 radical (unpaired) electrons. The Kier molecular flexibility index (Phi) is 6.36. The summed E-state index contributed by atoms with van der Waals surface area (Å²) in [7, 11) is 0. The Hall–Kier alpha value is -3.92. The van der Waals surface area contributed by atoms with Gasteiger partial charge in [-0.15, -0.1) is 0 Å². The summed E-state index contributed by atoms with van der Waals surface area (Å²) in [5.41, 5.74) is 0.716. The van der Waals surface area contributed by atoms with E-state index in [1.54, 1.807) is 18.2 Å². The fraction of sp³-hybridized carbons (Fsp3) is 0.0800. The summed E-state index contributed by atoms with van der Waals surface area (Å²) in [4.78, 5) is 39.2. The number of aromatic hydroxyl groups is 2. The number of phenols is 2. The van der Waals surface area contributed by atoms with Gasteiger partial charge < -0.3 is 10.2 Å². The van der Waals surface area contributed by atoms with Crippen LogP contribution in [-0.2, 0) is 13.1 Å². The standard InChI is InChI=1S/C25H16Cl3N5O4/c1-2-12-6-16(27)22(34)20-18(12)24(36)32(10-29-20)8-13-4-3-5-14(31-13)9-33-11-30-21-19(25(33)37)15(26)7-17(28)23(21)35/h2-7,10-11,34-35H,1,8-9H2. The van der Waals surface area contributed by atoms with Gasteiger partial charge in [-0.25, -0.2) is 9.97 Å². The Labute approximate surface area is 223 Å². The average Bonchev–Trinajstić information content (AvgIpc) is 2.87. The summed E-state index contributed by atoms with van der Waals surface area (Å²) < 4.78 is 2.66. The average molecular weight is 557 g/mol. The van der Waals surface area contributed by atoms with Gasteiger partial charge in [0.25, 0.3) is 11.1 Å². The van der Waals surface area contributed by atoms with E-state index < -0.39 is 11.1 Å². The maximum Gasteiger partial charge on any atom is 0.263 e. The molecule has 12 heteroatoms. The van der Waals surface area contributed by atoms with Crippen molar-refractivity contribution in [3.05, 3.63) is 102 Å². The second-order valence-corrected chi connectivity index (χ2v) is 9.33. The Morgan fingerprint density at radius 1 is 0.811 bits per heavy atom. The number of fused-ring (bicyclic) bond motifs is 2. The van der Waals surface area contributed by atoms with Crippen LogP contribution in [-0.4, -0.2) is 34.3 Å². The monoisotopic (exact) mass is 555 g/mol. The number of pyridine rings is 1. The van der Waals surface area contributed by atoms with Crippen LogP contribution in [0.15, 0.2) is 59.2 Å². The molecule has 9 nitrogen and oxygen atoms in total. The van der Waals surface area contributed by atoms with E-state index >= 15 is 0 Å². The summed E-state index contributed by atoms with van der Waals surface area (Å²) >= 11 is 18.2. The van der Waals surface area contributed by atoms with Crippen molar-refractivity contribution in [1.29, 1.82) is 0 Å². The zero-order chi connectivity index (χ0) is 26.4. The van der Waals surface area contributed by atoms with Gasteiger partial charge in [0.15, 0.2) is 11.5 Å². The van der Waals surface area contributed by atoms with Crippen molar-refractivity contribution in [3.8, 4) is 11.5 Å². The molecule has 3 heterocycles. The normalized spacial score (nSPS) is 11.3. The second kappa shape index (κ2) is 9.51. The van der Waals surface area contributed by atoms with Gasteiger partial charge in [-0.2, -0.15) is 0 Å². The molecule has 0 fully saturated rings. The zero-order valence-electron chi connectivity index (χ0n) is 18.8. The van der Waals surface area contributed by atoms with Crippen LogP contribution in [0.4, 0.5) is 0 Å². The smallest absolute Gasteiger partial charge is 0.263 e. The fourth-order valence-corrected chi connectivity index (χ4v) is 4.75. The molecule has 0 aliphatic heterocycles. The van der Waals surface area contributed by atoms with Crippen LogP contribution >= 0.6 is 34.8 Å². The SMILES string of the molecule is C=Cc1cc(Cl)c(O)c2ncn(Cc3cccc(Cn4cnc5c(O)c(Cl)cc(Cl)c5c4=O)n3)c(=O)c12. The first-order valence-corrected chi connectivity index (χ1v) is 11.9. The molecule has 0 aliphatic rings. The number of hydrogen-bond donors (Lipinski definition) is 2.